The summed E-state index contributed by atoms with van der Waals surface area (Å²) in [4.78, 5) is 9.49. The summed E-state index contributed by atoms with van der Waals surface area (Å²) in [6.07, 6.45) is 0.850. The molecule has 0 aliphatic heterocycles. The average molecular weight is 130 g/mol. The van der Waals surface area contributed by atoms with Crippen LogP contribution >= 0.6 is 0 Å². The van der Waals surface area contributed by atoms with Crippen LogP contribution in [0.4, 0.5) is 0 Å². The summed E-state index contributed by atoms with van der Waals surface area (Å²) < 4.78 is 0. The van der Waals surface area contributed by atoms with Crippen molar-refractivity contribution >= 4 is 29.0 Å². The van der Waals surface area contributed by atoms with Crippen LogP contribution in [0.15, 0.2) is 0 Å². The normalized spacial score (nSPS) is 6.12. The first-order valence-electron chi connectivity index (χ1n) is 1.97. The van der Waals surface area contributed by atoms with Gasteiger partial charge in [0, 0.05) is 5.97 Å². The van der Waals surface area contributed by atoms with Gasteiger partial charge in [0.25, 0.3) is 0 Å². The van der Waals surface area contributed by atoms with Gasteiger partial charge in [-0.3, -0.25) is 0 Å². The molecule has 0 atom stereocenters. The topological polar surface area (TPSA) is 40.1 Å². The average Bonchev–Trinajstić information content (AvgIpc) is 1.35. The molecular formula is C4H7FMgO2. The monoisotopic (exact) mass is 130 g/mol. The number of carboxylic acid groups (broad SMARTS) is 1. The molecule has 0 aliphatic carbocycles. The number of rotatable bonds is 2. The molecule has 0 aromatic carbocycles. The third kappa shape index (κ3) is 16.4. The molecule has 0 aliphatic rings. The second-order valence-electron chi connectivity index (χ2n) is 1.12. The van der Waals surface area contributed by atoms with Gasteiger partial charge in [0.05, 0.1) is 0 Å². The molecule has 0 bridgehead atoms. The molecule has 0 saturated heterocycles. The summed E-state index contributed by atoms with van der Waals surface area (Å²) in [6.45, 7) is 1.80. The Morgan fingerprint density at radius 2 is 2.00 bits per heavy atom. The van der Waals surface area contributed by atoms with E-state index in [-0.39, 0.29) is 34.2 Å². The maximum absolute atomic E-state index is 9.49. The standard InChI is InChI=1S/C4H8O2.FH.Mg/c1-2-3-4(5)6;;/h2-3H2,1H3,(H,5,6);1H;/q;;+2/p-2. The van der Waals surface area contributed by atoms with Gasteiger partial charge in [-0.15, -0.1) is 0 Å². The first-order chi connectivity index (χ1) is 2.77. The molecule has 0 N–H and O–H groups in total. The van der Waals surface area contributed by atoms with Gasteiger partial charge in [0.1, 0.15) is 0 Å². The van der Waals surface area contributed by atoms with Crippen LogP contribution in [0.5, 0.6) is 0 Å². The number of carbonyl (C=O) groups excluding carboxylic acids is 1. The van der Waals surface area contributed by atoms with Crippen molar-refractivity contribution in [3.05, 3.63) is 0 Å². The van der Waals surface area contributed by atoms with Gasteiger partial charge in [-0.2, -0.15) is 0 Å². The molecule has 44 valence electrons. The molecule has 0 saturated carbocycles. The number of aliphatic carboxylic acids is 1. The minimum Gasteiger partial charge on any atom is -1.00 e. The molecule has 2 nitrogen and oxygen atoms in total. The molecule has 4 heteroatoms. The Morgan fingerprint density at radius 3 is 2.00 bits per heavy atom. The van der Waals surface area contributed by atoms with Gasteiger partial charge in [0.15, 0.2) is 0 Å². The van der Waals surface area contributed by atoms with Crippen LogP contribution in [-0.2, 0) is 4.79 Å². The predicted molar refractivity (Wildman–Crippen MR) is 25.7 cm³/mol. The fraction of sp³-hybridized carbons (Fsp3) is 0.750. The van der Waals surface area contributed by atoms with E-state index in [4.69, 9.17) is 0 Å². The minimum atomic E-state index is -0.961. The largest absolute Gasteiger partial charge is 2.00 e. The van der Waals surface area contributed by atoms with Crippen molar-refractivity contribution in [2.24, 2.45) is 0 Å². The van der Waals surface area contributed by atoms with E-state index in [9.17, 15) is 9.90 Å². The Kier molecular flexibility index (Phi) is 20.1. The smallest absolute Gasteiger partial charge is 1.00 e. The third-order valence-electron chi connectivity index (χ3n) is 0.454. The maximum atomic E-state index is 9.49. The molecule has 0 radical (unpaired) electrons. The number of hydrogen-bond donors (Lipinski definition) is 0. The maximum Gasteiger partial charge on any atom is 2.00 e. The van der Waals surface area contributed by atoms with Crippen molar-refractivity contribution in [1.29, 1.82) is 0 Å². The van der Waals surface area contributed by atoms with Crippen LogP contribution < -0.4 is 9.81 Å². The number of carboxylic acids is 1. The first kappa shape index (κ1) is 15.7. The van der Waals surface area contributed by atoms with Gasteiger partial charge >= 0.3 is 23.1 Å². The van der Waals surface area contributed by atoms with E-state index in [1.54, 1.807) is 6.92 Å². The molecular weight excluding hydrogens is 123 g/mol. The van der Waals surface area contributed by atoms with Crippen LogP contribution in [0.3, 0.4) is 0 Å². The van der Waals surface area contributed by atoms with Crippen molar-refractivity contribution in [3.8, 4) is 0 Å². The van der Waals surface area contributed by atoms with Crippen molar-refractivity contribution < 1.29 is 14.6 Å². The second-order valence-corrected chi connectivity index (χ2v) is 1.12. The molecule has 0 heterocycles. The SMILES string of the molecule is CCCC(=O)[O-].[F-].[Mg+2]. The van der Waals surface area contributed by atoms with Crippen molar-refractivity contribution in [2.45, 2.75) is 19.8 Å². The zero-order chi connectivity index (χ0) is 4.99. The van der Waals surface area contributed by atoms with Gasteiger partial charge in [-0.25, -0.2) is 0 Å². The number of halogens is 1. The zero-order valence-corrected chi connectivity index (χ0v) is 6.23. The Hall–Kier alpha value is 0.166. The van der Waals surface area contributed by atoms with E-state index in [2.05, 4.69) is 0 Å². The van der Waals surface area contributed by atoms with Gasteiger partial charge < -0.3 is 14.6 Å². The van der Waals surface area contributed by atoms with Crippen LogP contribution in [0.1, 0.15) is 19.8 Å². The van der Waals surface area contributed by atoms with E-state index >= 15 is 0 Å². The second kappa shape index (κ2) is 10.2. The molecule has 0 unspecified atom stereocenters. The van der Waals surface area contributed by atoms with Gasteiger partial charge in [-0.1, -0.05) is 13.3 Å². The fourth-order valence-corrected chi connectivity index (χ4v) is 0.204. The van der Waals surface area contributed by atoms with E-state index in [1.807, 2.05) is 0 Å². The summed E-state index contributed by atoms with van der Waals surface area (Å²) in [7, 11) is 0. The summed E-state index contributed by atoms with van der Waals surface area (Å²) in [6, 6.07) is 0. The Morgan fingerprint density at radius 1 is 1.62 bits per heavy atom. The molecule has 0 rings (SSSR count). The summed E-state index contributed by atoms with van der Waals surface area (Å²) >= 11 is 0. The molecule has 0 aromatic heterocycles. The van der Waals surface area contributed by atoms with E-state index in [1.165, 1.54) is 0 Å². The summed E-state index contributed by atoms with van der Waals surface area (Å²) in [5.74, 6) is -0.961. The minimum absolute atomic E-state index is 0. The summed E-state index contributed by atoms with van der Waals surface area (Å²) in [5, 5.41) is 9.49. The zero-order valence-electron chi connectivity index (χ0n) is 4.82. The number of hydrogen-bond acceptors (Lipinski definition) is 2. The van der Waals surface area contributed by atoms with Crippen LogP contribution in [0.2, 0.25) is 0 Å². The van der Waals surface area contributed by atoms with Crippen molar-refractivity contribution in [1.82, 2.24) is 0 Å². The van der Waals surface area contributed by atoms with Gasteiger partial charge in [-0.05, 0) is 6.42 Å². The molecule has 0 amide bonds. The van der Waals surface area contributed by atoms with E-state index in [0.717, 1.165) is 0 Å². The van der Waals surface area contributed by atoms with Gasteiger partial charge in [0.2, 0.25) is 0 Å². The van der Waals surface area contributed by atoms with Crippen molar-refractivity contribution in [2.75, 3.05) is 0 Å². The van der Waals surface area contributed by atoms with Crippen molar-refractivity contribution in [3.63, 3.8) is 0 Å². The van der Waals surface area contributed by atoms with E-state index in [0.29, 0.717) is 6.42 Å². The van der Waals surface area contributed by atoms with Crippen LogP contribution in [0.25, 0.3) is 0 Å². The van der Waals surface area contributed by atoms with Crippen LogP contribution in [0, 0.1) is 0 Å². The number of carbonyl (C=O) groups is 1. The Bertz CT molecular complexity index is 58.0. The Balaban J connectivity index is -0.000000125. The molecule has 8 heavy (non-hydrogen) atoms. The third-order valence-corrected chi connectivity index (χ3v) is 0.454. The quantitative estimate of drug-likeness (QED) is 0.359. The first-order valence-corrected chi connectivity index (χ1v) is 1.97. The van der Waals surface area contributed by atoms with Crippen LogP contribution in [-0.4, -0.2) is 29.0 Å². The molecule has 0 aromatic rings. The van der Waals surface area contributed by atoms with E-state index < -0.39 is 5.97 Å². The summed E-state index contributed by atoms with van der Waals surface area (Å²) in [5.41, 5.74) is 0. The molecule has 0 fully saturated rings. The fourth-order valence-electron chi connectivity index (χ4n) is 0.204. The Labute approximate surface area is 63.8 Å². The predicted octanol–water partition coefficient (Wildman–Crippen LogP) is -3.84. The molecule has 0 spiro atoms.